The highest BCUT2D eigenvalue weighted by molar-refractivity contribution is 7.99. The maximum atomic E-state index is 13.7. The smallest absolute Gasteiger partial charge is 0.155 e. The molecule has 0 unspecified atom stereocenters. The summed E-state index contributed by atoms with van der Waals surface area (Å²) >= 11 is 1.28. The Labute approximate surface area is 145 Å². The number of rotatable bonds is 3. The lowest BCUT2D eigenvalue weighted by molar-refractivity contribution is 0.226. The van der Waals surface area contributed by atoms with Gasteiger partial charge in [0, 0.05) is 19.3 Å². The molecule has 1 aliphatic carbocycles. The summed E-state index contributed by atoms with van der Waals surface area (Å²) in [6, 6.07) is 1.65. The molecule has 4 rings (SSSR count). The van der Waals surface area contributed by atoms with E-state index in [1.807, 2.05) is 6.20 Å². The van der Waals surface area contributed by atoms with Crippen molar-refractivity contribution in [1.29, 1.82) is 0 Å². The standard InChI is InChI=1S/C18H21FN4S/c19-14-11-20-8-3-15(14)24-17-13-21-16(12-22-17)23-9-6-18(7-10-23)4-1-2-5-18/h3,8,11-13H,1-2,4-7,9-10H2. The lowest BCUT2D eigenvalue weighted by Crippen LogP contribution is -2.39. The molecule has 3 heterocycles. The Morgan fingerprint density at radius 3 is 2.46 bits per heavy atom. The number of hydrogen-bond acceptors (Lipinski definition) is 5. The van der Waals surface area contributed by atoms with Crippen LogP contribution in [0.4, 0.5) is 10.2 Å². The van der Waals surface area contributed by atoms with Crippen molar-refractivity contribution >= 4 is 17.6 Å². The predicted molar refractivity (Wildman–Crippen MR) is 92.7 cm³/mol. The predicted octanol–water partition coefficient (Wildman–Crippen LogP) is 4.32. The van der Waals surface area contributed by atoms with E-state index in [2.05, 4.69) is 19.9 Å². The molecule has 0 amide bonds. The zero-order valence-electron chi connectivity index (χ0n) is 13.6. The van der Waals surface area contributed by atoms with Gasteiger partial charge < -0.3 is 4.90 Å². The van der Waals surface area contributed by atoms with Crippen LogP contribution in [-0.4, -0.2) is 28.0 Å². The Balaban J connectivity index is 1.40. The zero-order valence-corrected chi connectivity index (χ0v) is 14.4. The first-order valence-electron chi connectivity index (χ1n) is 8.59. The summed E-state index contributed by atoms with van der Waals surface area (Å²) in [6.45, 7) is 2.14. The first kappa shape index (κ1) is 15.8. The molecule has 1 aliphatic heterocycles. The van der Waals surface area contributed by atoms with E-state index in [0.717, 1.165) is 18.9 Å². The molecule has 2 fully saturated rings. The number of aromatic nitrogens is 3. The van der Waals surface area contributed by atoms with Gasteiger partial charge in [0.05, 0.1) is 23.5 Å². The van der Waals surface area contributed by atoms with Gasteiger partial charge in [-0.05, 0) is 37.2 Å². The molecule has 0 aromatic carbocycles. The topological polar surface area (TPSA) is 41.9 Å². The molecule has 0 atom stereocenters. The van der Waals surface area contributed by atoms with Crippen molar-refractivity contribution in [2.24, 2.45) is 5.41 Å². The Kier molecular flexibility index (Phi) is 4.39. The number of nitrogens with zero attached hydrogens (tertiary/aromatic N) is 4. The van der Waals surface area contributed by atoms with Crippen LogP contribution in [0.2, 0.25) is 0 Å². The van der Waals surface area contributed by atoms with Crippen LogP contribution in [0, 0.1) is 11.2 Å². The van der Waals surface area contributed by atoms with Crippen molar-refractivity contribution in [3.05, 3.63) is 36.7 Å². The minimum Gasteiger partial charge on any atom is -0.355 e. The van der Waals surface area contributed by atoms with Gasteiger partial charge in [0.2, 0.25) is 0 Å². The van der Waals surface area contributed by atoms with Gasteiger partial charge in [0.15, 0.2) is 5.82 Å². The summed E-state index contributed by atoms with van der Waals surface area (Å²) in [7, 11) is 0. The molecule has 0 N–H and O–H groups in total. The van der Waals surface area contributed by atoms with Crippen LogP contribution in [0.25, 0.3) is 0 Å². The van der Waals surface area contributed by atoms with Crippen LogP contribution < -0.4 is 4.90 Å². The first-order chi connectivity index (χ1) is 11.7. The quantitative estimate of drug-likeness (QED) is 0.829. The fourth-order valence-corrected chi connectivity index (χ4v) is 4.63. The molecule has 2 aromatic heterocycles. The summed E-state index contributed by atoms with van der Waals surface area (Å²) in [4.78, 5) is 15.6. The van der Waals surface area contributed by atoms with Gasteiger partial charge in [0.25, 0.3) is 0 Å². The van der Waals surface area contributed by atoms with Gasteiger partial charge in [-0.1, -0.05) is 24.6 Å². The third-order valence-electron chi connectivity index (χ3n) is 5.38. The highest BCUT2D eigenvalue weighted by Gasteiger charge is 2.37. The monoisotopic (exact) mass is 344 g/mol. The van der Waals surface area contributed by atoms with E-state index in [0.29, 0.717) is 15.3 Å². The van der Waals surface area contributed by atoms with E-state index in [-0.39, 0.29) is 5.82 Å². The number of pyridine rings is 1. The number of halogens is 1. The van der Waals surface area contributed by atoms with Crippen LogP contribution in [0.1, 0.15) is 38.5 Å². The highest BCUT2D eigenvalue weighted by atomic mass is 32.2. The summed E-state index contributed by atoms with van der Waals surface area (Å²) in [5, 5.41) is 0.702. The van der Waals surface area contributed by atoms with Gasteiger partial charge in [-0.25, -0.2) is 14.4 Å². The van der Waals surface area contributed by atoms with Gasteiger partial charge in [-0.3, -0.25) is 4.98 Å². The van der Waals surface area contributed by atoms with E-state index in [1.54, 1.807) is 18.5 Å². The fraction of sp³-hybridized carbons (Fsp3) is 0.500. The third-order valence-corrected chi connectivity index (χ3v) is 6.35. The van der Waals surface area contributed by atoms with Gasteiger partial charge in [-0.2, -0.15) is 0 Å². The normalized spacial score (nSPS) is 19.8. The second-order valence-corrected chi connectivity index (χ2v) is 7.88. The molecule has 24 heavy (non-hydrogen) atoms. The van der Waals surface area contributed by atoms with E-state index < -0.39 is 0 Å². The molecular formula is C18H21FN4S. The largest absolute Gasteiger partial charge is 0.355 e. The number of anilines is 1. The maximum Gasteiger partial charge on any atom is 0.155 e. The minimum absolute atomic E-state index is 0.328. The van der Waals surface area contributed by atoms with Gasteiger partial charge in [0.1, 0.15) is 10.8 Å². The minimum atomic E-state index is -0.328. The van der Waals surface area contributed by atoms with Crippen molar-refractivity contribution in [1.82, 2.24) is 15.0 Å². The van der Waals surface area contributed by atoms with Crippen LogP contribution in [0.5, 0.6) is 0 Å². The van der Waals surface area contributed by atoms with Crippen LogP contribution in [-0.2, 0) is 0 Å². The molecule has 1 spiro atoms. The van der Waals surface area contributed by atoms with E-state index in [9.17, 15) is 4.39 Å². The van der Waals surface area contributed by atoms with Crippen molar-refractivity contribution in [3.8, 4) is 0 Å². The third kappa shape index (κ3) is 3.24. The van der Waals surface area contributed by atoms with E-state index in [4.69, 9.17) is 0 Å². The highest BCUT2D eigenvalue weighted by Crippen LogP contribution is 2.46. The number of hydrogen-bond donors (Lipinski definition) is 0. The molecular weight excluding hydrogens is 323 g/mol. The fourth-order valence-electron chi connectivity index (χ4n) is 3.92. The lowest BCUT2D eigenvalue weighted by atomic mass is 9.77. The molecule has 0 bridgehead atoms. The summed E-state index contributed by atoms with van der Waals surface area (Å²) in [6.07, 6.45) is 14.5. The van der Waals surface area contributed by atoms with Gasteiger partial charge in [-0.15, -0.1) is 0 Å². The number of piperidine rings is 1. The Hall–Kier alpha value is -1.69. The van der Waals surface area contributed by atoms with Crippen LogP contribution in [0.3, 0.4) is 0 Å². The van der Waals surface area contributed by atoms with Crippen molar-refractivity contribution < 1.29 is 4.39 Å². The summed E-state index contributed by atoms with van der Waals surface area (Å²) in [5.74, 6) is 0.605. The van der Waals surface area contributed by atoms with Crippen molar-refractivity contribution in [2.75, 3.05) is 18.0 Å². The van der Waals surface area contributed by atoms with E-state index >= 15 is 0 Å². The second-order valence-electron chi connectivity index (χ2n) is 6.82. The maximum absolute atomic E-state index is 13.7. The average Bonchev–Trinajstić information content (AvgIpc) is 3.07. The summed E-state index contributed by atoms with van der Waals surface area (Å²) in [5.41, 5.74) is 0.610. The van der Waals surface area contributed by atoms with Crippen molar-refractivity contribution in [2.45, 2.75) is 48.4 Å². The molecule has 4 nitrogen and oxygen atoms in total. The van der Waals surface area contributed by atoms with Crippen LogP contribution in [0.15, 0.2) is 40.8 Å². The van der Waals surface area contributed by atoms with E-state index in [1.165, 1.54) is 56.5 Å². The summed E-state index contributed by atoms with van der Waals surface area (Å²) < 4.78 is 13.7. The molecule has 126 valence electrons. The molecule has 0 radical (unpaired) electrons. The zero-order chi connectivity index (χ0) is 16.4. The van der Waals surface area contributed by atoms with Gasteiger partial charge >= 0.3 is 0 Å². The average molecular weight is 344 g/mol. The molecule has 1 saturated heterocycles. The van der Waals surface area contributed by atoms with Crippen LogP contribution >= 0.6 is 11.8 Å². The molecule has 2 aliphatic rings. The van der Waals surface area contributed by atoms with Crippen molar-refractivity contribution in [3.63, 3.8) is 0 Å². The Morgan fingerprint density at radius 2 is 1.79 bits per heavy atom. The Morgan fingerprint density at radius 1 is 1.00 bits per heavy atom. The lowest BCUT2D eigenvalue weighted by Gasteiger charge is -2.39. The molecule has 6 heteroatoms. The second kappa shape index (κ2) is 6.67. The molecule has 2 aromatic rings. The SMILES string of the molecule is Fc1cnccc1Sc1cnc(N2CCC3(CCCC3)CC2)cn1. The molecule has 1 saturated carbocycles. The first-order valence-corrected chi connectivity index (χ1v) is 9.40. The Bertz CT molecular complexity index is 690.